The molecule has 1 aromatic carbocycles. The number of carbonyl (C=O) groups excluding carboxylic acids is 1. The van der Waals surface area contributed by atoms with E-state index in [1.165, 1.54) is 6.08 Å². The largest absolute Gasteiger partial charge is 0.352 e. The standard InChI is InChI=1S/C19H17ClN4OS/c1-2-16(25)23-7-9-24(10-8-23)18-17-14(11-26-19(17)22-12-21-18)13-5-3-4-6-15(13)20/h2-6,11-12H,1,7-10H2. The topological polar surface area (TPSA) is 49.3 Å². The normalized spacial score (nSPS) is 14.7. The van der Waals surface area contributed by atoms with Crippen molar-refractivity contribution < 1.29 is 4.79 Å². The quantitative estimate of drug-likeness (QED) is 0.643. The van der Waals surface area contributed by atoms with Crippen molar-refractivity contribution in [1.29, 1.82) is 0 Å². The molecule has 0 N–H and O–H groups in total. The lowest BCUT2D eigenvalue weighted by molar-refractivity contribution is -0.126. The van der Waals surface area contributed by atoms with Crippen molar-refractivity contribution in [2.45, 2.75) is 0 Å². The van der Waals surface area contributed by atoms with Gasteiger partial charge in [-0.25, -0.2) is 9.97 Å². The van der Waals surface area contributed by atoms with Crippen LogP contribution in [0.25, 0.3) is 21.3 Å². The van der Waals surface area contributed by atoms with Crippen LogP contribution in [0.15, 0.2) is 48.6 Å². The molecule has 0 bridgehead atoms. The highest BCUT2D eigenvalue weighted by Crippen LogP contribution is 2.40. The zero-order valence-electron chi connectivity index (χ0n) is 14.1. The third-order valence-corrected chi connectivity index (χ3v) is 5.80. The second kappa shape index (κ2) is 7.05. The molecule has 0 atom stereocenters. The summed E-state index contributed by atoms with van der Waals surface area (Å²) < 4.78 is 0. The van der Waals surface area contributed by atoms with Crippen molar-refractivity contribution in [1.82, 2.24) is 14.9 Å². The number of thiophene rings is 1. The molecule has 0 unspecified atom stereocenters. The smallest absolute Gasteiger partial charge is 0.246 e. The lowest BCUT2D eigenvalue weighted by Gasteiger charge is -2.35. The van der Waals surface area contributed by atoms with Gasteiger partial charge < -0.3 is 9.80 Å². The van der Waals surface area contributed by atoms with E-state index in [-0.39, 0.29) is 5.91 Å². The van der Waals surface area contributed by atoms with Crippen LogP contribution in [0.4, 0.5) is 5.82 Å². The number of fused-ring (bicyclic) bond motifs is 1. The number of anilines is 1. The second-order valence-corrected chi connectivity index (χ2v) is 7.29. The Bertz CT molecular complexity index is 979. The van der Waals surface area contributed by atoms with Crippen LogP contribution >= 0.6 is 22.9 Å². The summed E-state index contributed by atoms with van der Waals surface area (Å²) in [6, 6.07) is 7.81. The molecule has 26 heavy (non-hydrogen) atoms. The SMILES string of the molecule is C=CC(=O)N1CCN(c2ncnc3scc(-c4ccccc4Cl)c23)CC1. The molecule has 0 spiro atoms. The second-order valence-electron chi connectivity index (χ2n) is 6.02. The number of carbonyl (C=O) groups is 1. The van der Waals surface area contributed by atoms with Crippen molar-refractivity contribution >= 4 is 44.9 Å². The average Bonchev–Trinajstić information content (AvgIpc) is 3.12. The van der Waals surface area contributed by atoms with E-state index < -0.39 is 0 Å². The number of aromatic nitrogens is 2. The fraction of sp³-hybridized carbons (Fsp3) is 0.211. The Morgan fingerprint density at radius 3 is 2.65 bits per heavy atom. The molecule has 0 saturated carbocycles. The molecule has 5 nitrogen and oxygen atoms in total. The number of amides is 1. The Morgan fingerprint density at radius 1 is 1.15 bits per heavy atom. The highest BCUT2D eigenvalue weighted by atomic mass is 35.5. The molecule has 0 radical (unpaired) electrons. The van der Waals surface area contributed by atoms with E-state index in [1.807, 2.05) is 29.2 Å². The van der Waals surface area contributed by atoms with E-state index in [0.717, 1.165) is 40.3 Å². The summed E-state index contributed by atoms with van der Waals surface area (Å²) in [5.41, 5.74) is 2.03. The van der Waals surface area contributed by atoms with Crippen LogP contribution in [0.1, 0.15) is 0 Å². The zero-order chi connectivity index (χ0) is 18.1. The van der Waals surface area contributed by atoms with Gasteiger partial charge in [-0.2, -0.15) is 0 Å². The van der Waals surface area contributed by atoms with Crippen LogP contribution in [-0.2, 0) is 4.79 Å². The van der Waals surface area contributed by atoms with Crippen molar-refractivity contribution in [3.05, 3.63) is 53.7 Å². The van der Waals surface area contributed by atoms with E-state index in [1.54, 1.807) is 17.7 Å². The molecule has 1 amide bonds. The van der Waals surface area contributed by atoms with Crippen LogP contribution < -0.4 is 4.90 Å². The van der Waals surface area contributed by atoms with Gasteiger partial charge in [0.1, 0.15) is 17.0 Å². The number of benzene rings is 1. The molecular formula is C19H17ClN4OS. The summed E-state index contributed by atoms with van der Waals surface area (Å²) in [7, 11) is 0. The summed E-state index contributed by atoms with van der Waals surface area (Å²) in [5, 5.41) is 3.82. The third-order valence-electron chi connectivity index (χ3n) is 4.58. The van der Waals surface area contributed by atoms with Crippen LogP contribution in [0.2, 0.25) is 5.02 Å². The Morgan fingerprint density at radius 2 is 1.92 bits per heavy atom. The van der Waals surface area contributed by atoms with Gasteiger partial charge in [0.25, 0.3) is 0 Å². The summed E-state index contributed by atoms with van der Waals surface area (Å²) in [6.07, 6.45) is 2.97. The van der Waals surface area contributed by atoms with Crippen LogP contribution in [0.3, 0.4) is 0 Å². The Hall–Kier alpha value is -2.44. The molecule has 0 aliphatic carbocycles. The lowest BCUT2D eigenvalue weighted by Crippen LogP contribution is -2.48. The summed E-state index contributed by atoms with van der Waals surface area (Å²) in [6.45, 7) is 6.32. The Labute approximate surface area is 160 Å². The predicted molar refractivity (Wildman–Crippen MR) is 107 cm³/mol. The molecule has 1 aliphatic rings. The van der Waals surface area contributed by atoms with E-state index >= 15 is 0 Å². The minimum absolute atomic E-state index is 0.0234. The van der Waals surface area contributed by atoms with Gasteiger partial charge in [-0.3, -0.25) is 4.79 Å². The molecule has 3 aromatic rings. The first-order chi connectivity index (χ1) is 12.7. The zero-order valence-corrected chi connectivity index (χ0v) is 15.6. The van der Waals surface area contributed by atoms with Crippen LogP contribution in [0.5, 0.6) is 0 Å². The maximum atomic E-state index is 11.8. The molecular weight excluding hydrogens is 368 g/mol. The number of hydrogen-bond donors (Lipinski definition) is 0. The highest BCUT2D eigenvalue weighted by molar-refractivity contribution is 7.17. The number of nitrogens with zero attached hydrogens (tertiary/aromatic N) is 4. The van der Waals surface area contributed by atoms with Gasteiger partial charge in [0.2, 0.25) is 5.91 Å². The maximum absolute atomic E-state index is 11.8. The van der Waals surface area contributed by atoms with E-state index in [0.29, 0.717) is 18.1 Å². The molecule has 132 valence electrons. The van der Waals surface area contributed by atoms with Gasteiger partial charge in [0.15, 0.2) is 0 Å². The first kappa shape index (κ1) is 17.0. The molecule has 4 rings (SSSR count). The fourth-order valence-corrected chi connectivity index (χ4v) is 4.38. The van der Waals surface area contributed by atoms with Gasteiger partial charge in [-0.1, -0.05) is 36.4 Å². The van der Waals surface area contributed by atoms with Crippen LogP contribution in [0, 0.1) is 0 Å². The van der Waals surface area contributed by atoms with Gasteiger partial charge >= 0.3 is 0 Å². The first-order valence-electron chi connectivity index (χ1n) is 8.32. The maximum Gasteiger partial charge on any atom is 0.246 e. The summed E-state index contributed by atoms with van der Waals surface area (Å²) in [5.74, 6) is 0.877. The summed E-state index contributed by atoms with van der Waals surface area (Å²) in [4.78, 5) is 25.8. The first-order valence-corrected chi connectivity index (χ1v) is 9.58. The average molecular weight is 385 g/mol. The molecule has 3 heterocycles. The summed E-state index contributed by atoms with van der Waals surface area (Å²) >= 11 is 8.01. The van der Waals surface area contributed by atoms with Crippen molar-refractivity contribution in [2.75, 3.05) is 31.1 Å². The number of halogens is 1. The van der Waals surface area contributed by atoms with E-state index in [2.05, 4.69) is 26.8 Å². The molecule has 2 aromatic heterocycles. The van der Waals surface area contributed by atoms with Crippen molar-refractivity contribution in [3.63, 3.8) is 0 Å². The molecule has 1 aliphatic heterocycles. The minimum Gasteiger partial charge on any atom is -0.352 e. The van der Waals surface area contributed by atoms with Crippen LogP contribution in [-0.4, -0.2) is 47.0 Å². The lowest BCUT2D eigenvalue weighted by atomic mass is 10.1. The van der Waals surface area contributed by atoms with E-state index in [4.69, 9.17) is 11.6 Å². The Balaban J connectivity index is 1.73. The minimum atomic E-state index is -0.0234. The monoisotopic (exact) mass is 384 g/mol. The van der Waals surface area contributed by atoms with Crippen molar-refractivity contribution in [2.24, 2.45) is 0 Å². The van der Waals surface area contributed by atoms with Crippen molar-refractivity contribution in [3.8, 4) is 11.1 Å². The van der Waals surface area contributed by atoms with Gasteiger partial charge in [0, 0.05) is 47.7 Å². The van der Waals surface area contributed by atoms with Gasteiger partial charge in [-0.15, -0.1) is 11.3 Å². The highest BCUT2D eigenvalue weighted by Gasteiger charge is 2.24. The van der Waals surface area contributed by atoms with Gasteiger partial charge in [0.05, 0.1) is 5.39 Å². The third kappa shape index (κ3) is 2.95. The molecule has 1 saturated heterocycles. The fourth-order valence-electron chi connectivity index (χ4n) is 3.24. The number of hydrogen-bond acceptors (Lipinski definition) is 5. The predicted octanol–water partition coefficient (Wildman–Crippen LogP) is 3.85. The van der Waals surface area contributed by atoms with Gasteiger partial charge in [-0.05, 0) is 12.1 Å². The Kier molecular flexibility index (Phi) is 4.61. The van der Waals surface area contributed by atoms with E-state index in [9.17, 15) is 4.79 Å². The number of piperazine rings is 1. The molecule has 1 fully saturated rings. The molecule has 7 heteroatoms. The number of rotatable bonds is 3.